The Balaban J connectivity index is 1.99. The zero-order valence-electron chi connectivity index (χ0n) is 11.8. The zero-order valence-corrected chi connectivity index (χ0v) is 11.8. The molecule has 3 rings (SSSR count). The number of nitrogens with one attached hydrogen (secondary N) is 1. The van der Waals surface area contributed by atoms with Crippen molar-refractivity contribution in [3.63, 3.8) is 0 Å². The molecule has 8 heteroatoms. The molecule has 0 saturated heterocycles. The standard InChI is InChI=1S/C16H9F6NO/c17-15(18,19)11-5-4-10-7-13(23-14(10)8-11)9-2-1-3-12(6-9)24-16(20,21)22/h1-8,23H. The predicted octanol–water partition coefficient (Wildman–Crippen LogP) is 5.75. The summed E-state index contributed by atoms with van der Waals surface area (Å²) >= 11 is 0. The van der Waals surface area contributed by atoms with Gasteiger partial charge in [0.2, 0.25) is 0 Å². The third-order valence-electron chi connectivity index (χ3n) is 3.33. The number of rotatable bonds is 2. The molecule has 0 spiro atoms. The molecule has 3 aromatic rings. The number of aromatic amines is 1. The maximum atomic E-state index is 12.7. The van der Waals surface area contributed by atoms with Gasteiger partial charge >= 0.3 is 12.5 Å². The summed E-state index contributed by atoms with van der Waals surface area (Å²) in [7, 11) is 0. The molecule has 0 saturated carbocycles. The molecule has 2 nitrogen and oxygen atoms in total. The van der Waals surface area contributed by atoms with Crippen molar-refractivity contribution in [3.05, 3.63) is 54.1 Å². The van der Waals surface area contributed by atoms with Crippen LogP contribution in [0.25, 0.3) is 22.2 Å². The fraction of sp³-hybridized carbons (Fsp3) is 0.125. The molecule has 0 aliphatic carbocycles. The van der Waals surface area contributed by atoms with E-state index >= 15 is 0 Å². The third kappa shape index (κ3) is 3.47. The predicted molar refractivity (Wildman–Crippen MR) is 75.4 cm³/mol. The topological polar surface area (TPSA) is 25.0 Å². The van der Waals surface area contributed by atoms with E-state index in [0.29, 0.717) is 16.6 Å². The van der Waals surface area contributed by atoms with Gasteiger partial charge in [-0.2, -0.15) is 13.2 Å². The fourth-order valence-electron chi connectivity index (χ4n) is 2.32. The Bertz CT molecular complexity index is 878. The highest BCUT2D eigenvalue weighted by atomic mass is 19.4. The highest BCUT2D eigenvalue weighted by Crippen LogP contribution is 2.33. The minimum absolute atomic E-state index is 0.238. The van der Waals surface area contributed by atoms with Crippen LogP contribution in [0.4, 0.5) is 26.3 Å². The number of aromatic nitrogens is 1. The molecule has 24 heavy (non-hydrogen) atoms. The molecule has 0 fully saturated rings. The van der Waals surface area contributed by atoms with E-state index < -0.39 is 23.9 Å². The van der Waals surface area contributed by atoms with Crippen LogP contribution in [0.3, 0.4) is 0 Å². The second-order valence-electron chi connectivity index (χ2n) is 5.06. The molecule has 1 aromatic heterocycles. The SMILES string of the molecule is FC(F)(F)Oc1cccc(-c2cc3ccc(C(F)(F)F)cc3[nH]2)c1. The Morgan fingerprint density at radius 1 is 0.833 bits per heavy atom. The van der Waals surface area contributed by atoms with E-state index in [1.54, 1.807) is 6.07 Å². The van der Waals surface area contributed by atoms with Crippen molar-refractivity contribution in [1.29, 1.82) is 0 Å². The number of benzene rings is 2. The van der Waals surface area contributed by atoms with Crippen LogP contribution in [0.1, 0.15) is 5.56 Å². The summed E-state index contributed by atoms with van der Waals surface area (Å²) in [5.74, 6) is -0.408. The minimum atomic E-state index is -4.82. The Hall–Kier alpha value is -2.64. The Morgan fingerprint density at radius 2 is 1.58 bits per heavy atom. The number of ether oxygens (including phenoxy) is 1. The van der Waals surface area contributed by atoms with E-state index in [-0.39, 0.29) is 5.52 Å². The number of halogens is 6. The molecule has 1 N–H and O–H groups in total. The van der Waals surface area contributed by atoms with Gasteiger partial charge in [0.1, 0.15) is 5.75 Å². The highest BCUT2D eigenvalue weighted by molar-refractivity contribution is 5.86. The van der Waals surface area contributed by atoms with E-state index in [0.717, 1.165) is 24.3 Å². The molecule has 0 atom stereocenters. The Kier molecular flexibility index (Phi) is 3.70. The van der Waals surface area contributed by atoms with Gasteiger partial charge in [-0.25, -0.2) is 0 Å². The average molecular weight is 345 g/mol. The first-order valence-corrected chi connectivity index (χ1v) is 6.68. The second kappa shape index (κ2) is 5.47. The van der Waals surface area contributed by atoms with Crippen molar-refractivity contribution in [2.24, 2.45) is 0 Å². The van der Waals surface area contributed by atoms with Gasteiger partial charge in [0.15, 0.2) is 0 Å². The van der Waals surface area contributed by atoms with Crippen molar-refractivity contribution in [2.75, 3.05) is 0 Å². The monoisotopic (exact) mass is 345 g/mol. The van der Waals surface area contributed by atoms with E-state index in [9.17, 15) is 26.3 Å². The van der Waals surface area contributed by atoms with Crippen LogP contribution in [-0.2, 0) is 6.18 Å². The van der Waals surface area contributed by atoms with E-state index in [1.165, 1.54) is 18.2 Å². The van der Waals surface area contributed by atoms with Crippen LogP contribution in [0, 0.1) is 0 Å². The molecule has 0 amide bonds. The fourth-order valence-corrected chi connectivity index (χ4v) is 2.32. The molecule has 126 valence electrons. The Labute approximate surface area is 131 Å². The van der Waals surface area contributed by atoms with E-state index in [2.05, 4.69) is 9.72 Å². The molecular formula is C16H9F6NO. The lowest BCUT2D eigenvalue weighted by molar-refractivity contribution is -0.274. The quantitative estimate of drug-likeness (QED) is 0.588. The molecule has 0 aliphatic rings. The summed E-state index contributed by atoms with van der Waals surface area (Å²) in [5.41, 5.74) is 0.179. The summed E-state index contributed by atoms with van der Waals surface area (Å²) in [6.07, 6.45) is -9.29. The van der Waals surface area contributed by atoms with Crippen molar-refractivity contribution < 1.29 is 31.1 Å². The average Bonchev–Trinajstić information content (AvgIpc) is 2.87. The molecule has 0 aliphatic heterocycles. The van der Waals surface area contributed by atoms with Gasteiger partial charge in [0, 0.05) is 22.2 Å². The summed E-state index contributed by atoms with van der Waals surface area (Å²) < 4.78 is 78.8. The zero-order chi connectivity index (χ0) is 17.5. The van der Waals surface area contributed by atoms with E-state index in [4.69, 9.17) is 0 Å². The van der Waals surface area contributed by atoms with Gasteiger partial charge < -0.3 is 9.72 Å². The normalized spacial score (nSPS) is 12.6. The first kappa shape index (κ1) is 16.2. The van der Waals surface area contributed by atoms with Crippen molar-refractivity contribution in [3.8, 4) is 17.0 Å². The number of H-pyrrole nitrogens is 1. The maximum absolute atomic E-state index is 12.7. The summed E-state index contributed by atoms with van der Waals surface area (Å²) in [6.45, 7) is 0. The van der Waals surface area contributed by atoms with E-state index in [1.807, 2.05) is 0 Å². The van der Waals surface area contributed by atoms with Crippen LogP contribution in [0.15, 0.2) is 48.5 Å². The molecule has 0 unspecified atom stereocenters. The van der Waals surface area contributed by atoms with Gasteiger partial charge in [-0.15, -0.1) is 13.2 Å². The summed E-state index contributed by atoms with van der Waals surface area (Å²) in [6, 6.07) is 9.94. The van der Waals surface area contributed by atoms with Gasteiger partial charge in [0.25, 0.3) is 0 Å². The molecule has 0 bridgehead atoms. The van der Waals surface area contributed by atoms with Crippen molar-refractivity contribution in [1.82, 2.24) is 4.98 Å². The van der Waals surface area contributed by atoms with Crippen LogP contribution < -0.4 is 4.74 Å². The summed E-state index contributed by atoms with van der Waals surface area (Å²) in [4.78, 5) is 2.78. The molecule has 2 aromatic carbocycles. The maximum Gasteiger partial charge on any atom is 0.573 e. The number of alkyl halides is 6. The van der Waals surface area contributed by atoms with Crippen LogP contribution in [0.2, 0.25) is 0 Å². The lowest BCUT2D eigenvalue weighted by Crippen LogP contribution is -2.17. The number of hydrogen-bond acceptors (Lipinski definition) is 1. The third-order valence-corrected chi connectivity index (χ3v) is 3.33. The van der Waals surface area contributed by atoms with Gasteiger partial charge in [-0.05, 0) is 30.3 Å². The van der Waals surface area contributed by atoms with Crippen LogP contribution in [-0.4, -0.2) is 11.3 Å². The molecule has 1 heterocycles. The number of fused-ring (bicyclic) bond motifs is 1. The molecule has 0 radical (unpaired) electrons. The van der Waals surface area contributed by atoms with Gasteiger partial charge in [-0.3, -0.25) is 0 Å². The lowest BCUT2D eigenvalue weighted by Gasteiger charge is -2.09. The first-order valence-electron chi connectivity index (χ1n) is 6.68. The number of hydrogen-bond donors (Lipinski definition) is 1. The lowest BCUT2D eigenvalue weighted by atomic mass is 10.1. The van der Waals surface area contributed by atoms with Gasteiger partial charge in [0.05, 0.1) is 5.56 Å². The van der Waals surface area contributed by atoms with Crippen molar-refractivity contribution in [2.45, 2.75) is 12.5 Å². The Morgan fingerprint density at radius 3 is 2.25 bits per heavy atom. The largest absolute Gasteiger partial charge is 0.573 e. The van der Waals surface area contributed by atoms with Crippen LogP contribution in [0.5, 0.6) is 5.75 Å². The smallest absolute Gasteiger partial charge is 0.406 e. The molecular weight excluding hydrogens is 336 g/mol. The van der Waals surface area contributed by atoms with Crippen molar-refractivity contribution >= 4 is 10.9 Å². The van der Waals surface area contributed by atoms with Gasteiger partial charge in [-0.1, -0.05) is 18.2 Å². The van der Waals surface area contributed by atoms with Crippen LogP contribution >= 0.6 is 0 Å². The first-order chi connectivity index (χ1) is 11.1. The minimum Gasteiger partial charge on any atom is -0.406 e. The highest BCUT2D eigenvalue weighted by Gasteiger charge is 2.31. The summed E-state index contributed by atoms with van der Waals surface area (Å²) in [5, 5.41) is 0.514. The second-order valence-corrected chi connectivity index (χ2v) is 5.06.